The highest BCUT2D eigenvalue weighted by Gasteiger charge is 2.25. The van der Waals surface area contributed by atoms with Gasteiger partial charge in [0.05, 0.1) is 12.2 Å². The van der Waals surface area contributed by atoms with Gasteiger partial charge in [-0.05, 0) is 13.3 Å². The van der Waals surface area contributed by atoms with E-state index in [9.17, 15) is 5.11 Å². The Labute approximate surface area is 83.9 Å². The molecule has 13 heavy (non-hydrogen) atoms. The summed E-state index contributed by atoms with van der Waals surface area (Å²) in [6.45, 7) is 4.15. The topological polar surface area (TPSA) is 52.5 Å². The Hall–Kier alpha value is 0.230. The van der Waals surface area contributed by atoms with Gasteiger partial charge in [-0.3, -0.25) is 0 Å². The molecule has 3 nitrogen and oxygen atoms in total. The lowest BCUT2D eigenvalue weighted by Gasteiger charge is -2.23. The van der Waals surface area contributed by atoms with Crippen molar-refractivity contribution in [3.8, 4) is 0 Å². The molecule has 0 amide bonds. The number of hydrogen-bond donors (Lipinski definition) is 3. The van der Waals surface area contributed by atoms with Crippen molar-refractivity contribution in [2.75, 3.05) is 18.9 Å². The van der Waals surface area contributed by atoms with E-state index in [4.69, 9.17) is 5.11 Å². The highest BCUT2D eigenvalue weighted by molar-refractivity contribution is 8.00. The molecule has 0 aromatic rings. The molecule has 1 saturated heterocycles. The van der Waals surface area contributed by atoms with Crippen LogP contribution in [0.3, 0.4) is 0 Å². The van der Waals surface area contributed by atoms with Crippen LogP contribution < -0.4 is 5.32 Å². The summed E-state index contributed by atoms with van der Waals surface area (Å²) < 4.78 is 0. The molecule has 1 heterocycles. The van der Waals surface area contributed by atoms with Crippen LogP contribution in [0, 0.1) is 0 Å². The van der Waals surface area contributed by atoms with Crippen molar-refractivity contribution < 1.29 is 10.2 Å². The standard InChI is InChI=1S/C9H19NO2S/c1-7-3-8(4-13-7)10-5-9(2,12)6-11/h7-8,10-12H,3-6H2,1-2H3. The SMILES string of the molecule is CC1CC(NCC(C)(O)CO)CS1. The maximum atomic E-state index is 9.53. The maximum absolute atomic E-state index is 9.53. The van der Waals surface area contributed by atoms with Gasteiger partial charge in [0.15, 0.2) is 0 Å². The molecular weight excluding hydrogens is 186 g/mol. The first-order chi connectivity index (χ1) is 6.03. The number of thioether (sulfide) groups is 1. The van der Waals surface area contributed by atoms with Gasteiger partial charge in [-0.25, -0.2) is 0 Å². The van der Waals surface area contributed by atoms with E-state index in [1.54, 1.807) is 6.92 Å². The minimum atomic E-state index is -0.976. The molecule has 78 valence electrons. The third-order valence-electron chi connectivity index (χ3n) is 2.31. The molecule has 1 aliphatic heterocycles. The number of nitrogens with one attached hydrogen (secondary N) is 1. The lowest BCUT2D eigenvalue weighted by atomic mass is 10.1. The first kappa shape index (κ1) is 11.3. The van der Waals surface area contributed by atoms with E-state index in [1.807, 2.05) is 11.8 Å². The van der Waals surface area contributed by atoms with Gasteiger partial charge in [0.25, 0.3) is 0 Å². The van der Waals surface area contributed by atoms with Gasteiger partial charge in [-0.2, -0.15) is 11.8 Å². The van der Waals surface area contributed by atoms with E-state index in [1.165, 1.54) is 0 Å². The summed E-state index contributed by atoms with van der Waals surface area (Å²) in [6, 6.07) is 0.498. The smallest absolute Gasteiger partial charge is 0.0972 e. The van der Waals surface area contributed by atoms with E-state index in [2.05, 4.69) is 12.2 Å². The summed E-state index contributed by atoms with van der Waals surface area (Å²) in [6.07, 6.45) is 1.16. The van der Waals surface area contributed by atoms with Gasteiger partial charge >= 0.3 is 0 Å². The monoisotopic (exact) mass is 205 g/mol. The molecular formula is C9H19NO2S. The van der Waals surface area contributed by atoms with E-state index in [0.29, 0.717) is 12.6 Å². The van der Waals surface area contributed by atoms with Crippen LogP contribution >= 0.6 is 11.8 Å². The summed E-state index contributed by atoms with van der Waals surface area (Å²) >= 11 is 1.96. The molecule has 3 N–H and O–H groups in total. The van der Waals surface area contributed by atoms with Gasteiger partial charge in [0, 0.05) is 23.6 Å². The summed E-state index contributed by atoms with van der Waals surface area (Å²) in [5, 5.41) is 22.3. The lowest BCUT2D eigenvalue weighted by molar-refractivity contribution is 0.00119. The second kappa shape index (κ2) is 4.64. The Bertz CT molecular complexity index is 164. The van der Waals surface area contributed by atoms with E-state index >= 15 is 0 Å². The minimum Gasteiger partial charge on any atom is -0.393 e. The van der Waals surface area contributed by atoms with Crippen molar-refractivity contribution in [3.63, 3.8) is 0 Å². The molecule has 3 atom stereocenters. The summed E-state index contributed by atoms with van der Waals surface area (Å²) in [7, 11) is 0. The van der Waals surface area contributed by atoms with Crippen molar-refractivity contribution in [2.45, 2.75) is 37.2 Å². The van der Waals surface area contributed by atoms with Crippen LogP contribution in [-0.2, 0) is 0 Å². The molecule has 3 unspecified atom stereocenters. The van der Waals surface area contributed by atoms with Gasteiger partial charge in [-0.15, -0.1) is 0 Å². The third kappa shape index (κ3) is 3.85. The fourth-order valence-electron chi connectivity index (χ4n) is 1.38. The number of aliphatic hydroxyl groups is 2. The quantitative estimate of drug-likeness (QED) is 0.614. The average molecular weight is 205 g/mol. The third-order valence-corrected chi connectivity index (χ3v) is 3.67. The number of aliphatic hydroxyl groups excluding tert-OH is 1. The fraction of sp³-hybridized carbons (Fsp3) is 1.00. The van der Waals surface area contributed by atoms with E-state index in [0.717, 1.165) is 17.4 Å². The zero-order valence-electron chi connectivity index (χ0n) is 8.29. The Morgan fingerprint density at radius 1 is 1.62 bits per heavy atom. The molecule has 1 aliphatic rings. The molecule has 0 radical (unpaired) electrons. The van der Waals surface area contributed by atoms with Gasteiger partial charge in [-0.1, -0.05) is 6.92 Å². The number of hydrogen-bond acceptors (Lipinski definition) is 4. The summed E-state index contributed by atoms with van der Waals surface area (Å²) in [5.74, 6) is 1.11. The Kier molecular flexibility index (Phi) is 4.04. The molecule has 0 aromatic carbocycles. The van der Waals surface area contributed by atoms with Gasteiger partial charge < -0.3 is 15.5 Å². The Morgan fingerprint density at radius 2 is 2.31 bits per heavy atom. The fourth-order valence-corrected chi connectivity index (χ4v) is 2.56. The van der Waals surface area contributed by atoms with Crippen molar-refractivity contribution in [1.29, 1.82) is 0 Å². The first-order valence-corrected chi connectivity index (χ1v) is 5.76. The highest BCUT2D eigenvalue weighted by atomic mass is 32.2. The van der Waals surface area contributed by atoms with Crippen LogP contribution in [-0.4, -0.2) is 46.0 Å². The molecule has 0 bridgehead atoms. The lowest BCUT2D eigenvalue weighted by Crippen LogP contribution is -2.45. The molecule has 0 saturated carbocycles. The molecule has 1 rings (SSSR count). The molecule has 0 spiro atoms. The van der Waals surface area contributed by atoms with Crippen LogP contribution in [0.5, 0.6) is 0 Å². The predicted molar refractivity (Wildman–Crippen MR) is 56.0 cm³/mol. The van der Waals surface area contributed by atoms with Crippen LogP contribution in [0.4, 0.5) is 0 Å². The molecule has 0 aliphatic carbocycles. The van der Waals surface area contributed by atoms with Crippen molar-refractivity contribution in [3.05, 3.63) is 0 Å². The second-order valence-electron chi connectivity index (χ2n) is 4.11. The normalized spacial score (nSPS) is 33.2. The second-order valence-corrected chi connectivity index (χ2v) is 5.58. The first-order valence-electron chi connectivity index (χ1n) is 4.72. The molecule has 1 fully saturated rings. The highest BCUT2D eigenvalue weighted by Crippen LogP contribution is 2.25. The Morgan fingerprint density at radius 3 is 2.77 bits per heavy atom. The predicted octanol–water partition coefficient (Wildman–Crippen LogP) is 0.213. The van der Waals surface area contributed by atoms with Crippen LogP contribution in [0.1, 0.15) is 20.3 Å². The van der Waals surface area contributed by atoms with Crippen molar-refractivity contribution in [1.82, 2.24) is 5.32 Å². The van der Waals surface area contributed by atoms with Crippen LogP contribution in [0.2, 0.25) is 0 Å². The summed E-state index contributed by atoms with van der Waals surface area (Å²) in [5.41, 5.74) is -0.976. The zero-order valence-corrected chi connectivity index (χ0v) is 9.10. The van der Waals surface area contributed by atoms with Gasteiger partial charge in [0.2, 0.25) is 0 Å². The van der Waals surface area contributed by atoms with Gasteiger partial charge in [0.1, 0.15) is 0 Å². The average Bonchev–Trinajstić information content (AvgIpc) is 2.48. The molecule has 4 heteroatoms. The van der Waals surface area contributed by atoms with Crippen molar-refractivity contribution in [2.24, 2.45) is 0 Å². The van der Waals surface area contributed by atoms with E-state index in [-0.39, 0.29) is 6.61 Å². The maximum Gasteiger partial charge on any atom is 0.0972 e. The van der Waals surface area contributed by atoms with E-state index < -0.39 is 5.60 Å². The van der Waals surface area contributed by atoms with Crippen LogP contribution in [0.15, 0.2) is 0 Å². The molecule has 0 aromatic heterocycles. The van der Waals surface area contributed by atoms with Crippen molar-refractivity contribution >= 4 is 11.8 Å². The largest absolute Gasteiger partial charge is 0.393 e. The Balaban J connectivity index is 2.19. The zero-order chi connectivity index (χ0) is 9.90. The van der Waals surface area contributed by atoms with Crippen LogP contribution in [0.25, 0.3) is 0 Å². The summed E-state index contributed by atoms with van der Waals surface area (Å²) in [4.78, 5) is 0. The minimum absolute atomic E-state index is 0.185. The number of rotatable bonds is 4.